The van der Waals surface area contributed by atoms with Crippen molar-refractivity contribution in [1.29, 1.82) is 0 Å². The summed E-state index contributed by atoms with van der Waals surface area (Å²) < 4.78 is 3.11. The van der Waals surface area contributed by atoms with Gasteiger partial charge in [-0.05, 0) is 54.7 Å². The van der Waals surface area contributed by atoms with E-state index in [4.69, 9.17) is 11.6 Å². The Hall–Kier alpha value is -3.19. The quantitative estimate of drug-likeness (QED) is 0.497. The van der Waals surface area contributed by atoms with Crippen LogP contribution in [0.4, 0.5) is 0 Å². The average Bonchev–Trinajstić information content (AvgIpc) is 3.16. The lowest BCUT2D eigenvalue weighted by molar-refractivity contribution is 0.0942. The molecule has 4 rings (SSSR count). The fraction of sp³-hybridized carbons (Fsp3) is 0.304. The standard InChI is InChI=1S/C23H24ClN5O2/c1-14(2)9-10-25-22(30)20-26-21-23(31)28(13-16-5-4-6-17(24)12-16)19-11-15(3)7-8-18(19)29(21)27-20/h4-8,11-12,14H,9-10,13H2,1-3H3,(H,25,30). The molecule has 160 valence electrons. The number of aryl methyl sites for hydroxylation is 1. The van der Waals surface area contributed by atoms with Crippen LogP contribution in [0.5, 0.6) is 0 Å². The van der Waals surface area contributed by atoms with Gasteiger partial charge < -0.3 is 5.32 Å². The van der Waals surface area contributed by atoms with Gasteiger partial charge in [-0.1, -0.05) is 43.6 Å². The Morgan fingerprint density at radius 3 is 2.71 bits per heavy atom. The van der Waals surface area contributed by atoms with E-state index in [-0.39, 0.29) is 22.9 Å². The molecular weight excluding hydrogens is 414 g/mol. The second-order valence-electron chi connectivity index (χ2n) is 8.12. The van der Waals surface area contributed by atoms with Gasteiger partial charge >= 0.3 is 0 Å². The molecule has 0 aliphatic heterocycles. The lowest BCUT2D eigenvalue weighted by Crippen LogP contribution is -2.26. The number of fused-ring (bicyclic) bond motifs is 3. The molecule has 2 heterocycles. The zero-order valence-corrected chi connectivity index (χ0v) is 18.5. The van der Waals surface area contributed by atoms with Gasteiger partial charge in [-0.25, -0.2) is 4.52 Å². The number of carbonyl (C=O) groups is 1. The van der Waals surface area contributed by atoms with Crippen molar-refractivity contribution in [2.24, 2.45) is 5.92 Å². The maximum absolute atomic E-state index is 13.4. The highest BCUT2D eigenvalue weighted by Crippen LogP contribution is 2.18. The molecule has 1 N–H and O–H groups in total. The van der Waals surface area contributed by atoms with Gasteiger partial charge in [-0.2, -0.15) is 4.98 Å². The number of nitrogens with one attached hydrogen (secondary N) is 1. The van der Waals surface area contributed by atoms with Crippen LogP contribution < -0.4 is 10.9 Å². The minimum atomic E-state index is -0.384. The van der Waals surface area contributed by atoms with Gasteiger partial charge in [-0.15, -0.1) is 5.10 Å². The van der Waals surface area contributed by atoms with Gasteiger partial charge in [-0.3, -0.25) is 14.2 Å². The topological polar surface area (TPSA) is 81.3 Å². The van der Waals surface area contributed by atoms with E-state index in [0.717, 1.165) is 17.5 Å². The van der Waals surface area contributed by atoms with Gasteiger partial charge in [0.1, 0.15) is 0 Å². The highest BCUT2D eigenvalue weighted by atomic mass is 35.5. The second kappa shape index (κ2) is 8.51. The van der Waals surface area contributed by atoms with E-state index in [9.17, 15) is 9.59 Å². The monoisotopic (exact) mass is 437 g/mol. The SMILES string of the molecule is Cc1ccc2c(c1)n(Cc1cccc(Cl)c1)c(=O)c1nc(C(=O)NCCC(C)C)nn12. The Labute approximate surface area is 184 Å². The maximum atomic E-state index is 13.4. The van der Waals surface area contributed by atoms with Crippen LogP contribution >= 0.6 is 11.6 Å². The van der Waals surface area contributed by atoms with Gasteiger partial charge in [0.2, 0.25) is 11.5 Å². The molecule has 0 saturated heterocycles. The van der Waals surface area contributed by atoms with E-state index >= 15 is 0 Å². The van der Waals surface area contributed by atoms with Gasteiger partial charge in [0, 0.05) is 11.6 Å². The molecule has 8 heteroatoms. The first-order chi connectivity index (χ1) is 14.8. The van der Waals surface area contributed by atoms with Crippen molar-refractivity contribution in [2.45, 2.75) is 33.7 Å². The number of hydrogen-bond donors (Lipinski definition) is 1. The molecule has 0 spiro atoms. The molecule has 1 amide bonds. The summed E-state index contributed by atoms with van der Waals surface area (Å²) in [5.74, 6) is 0.0776. The van der Waals surface area contributed by atoms with Crippen LogP contribution in [0.25, 0.3) is 16.7 Å². The van der Waals surface area contributed by atoms with Crippen LogP contribution in [-0.2, 0) is 6.54 Å². The second-order valence-corrected chi connectivity index (χ2v) is 8.56. The fourth-order valence-electron chi connectivity index (χ4n) is 3.50. The minimum absolute atomic E-state index is 0.0109. The predicted octanol–water partition coefficient (Wildman–Crippen LogP) is 3.83. The van der Waals surface area contributed by atoms with Crippen molar-refractivity contribution in [1.82, 2.24) is 24.5 Å². The first-order valence-electron chi connectivity index (χ1n) is 10.3. The number of rotatable bonds is 6. The van der Waals surface area contributed by atoms with E-state index in [1.54, 1.807) is 10.6 Å². The Morgan fingerprint density at radius 1 is 1.16 bits per heavy atom. The third-order valence-corrected chi connectivity index (χ3v) is 5.37. The lowest BCUT2D eigenvalue weighted by Gasteiger charge is -2.12. The van der Waals surface area contributed by atoms with Crippen LogP contribution in [0, 0.1) is 12.8 Å². The molecule has 4 aromatic rings. The number of amides is 1. The van der Waals surface area contributed by atoms with Gasteiger partial charge in [0.15, 0.2) is 0 Å². The molecule has 0 unspecified atom stereocenters. The normalized spacial score (nSPS) is 11.5. The Balaban J connectivity index is 1.83. The summed E-state index contributed by atoms with van der Waals surface area (Å²) in [5.41, 5.74) is 3.13. The fourth-order valence-corrected chi connectivity index (χ4v) is 3.71. The van der Waals surface area contributed by atoms with Crippen LogP contribution in [0.1, 0.15) is 42.0 Å². The lowest BCUT2D eigenvalue weighted by atomic mass is 10.1. The Morgan fingerprint density at radius 2 is 1.97 bits per heavy atom. The molecule has 2 aromatic carbocycles. The van der Waals surface area contributed by atoms with Crippen LogP contribution in [-0.4, -0.2) is 31.6 Å². The molecule has 0 radical (unpaired) electrons. The third kappa shape index (κ3) is 4.32. The molecule has 0 atom stereocenters. The van der Waals surface area contributed by atoms with E-state index in [1.807, 2.05) is 43.3 Å². The number of nitrogens with zero attached hydrogens (tertiary/aromatic N) is 4. The van der Waals surface area contributed by atoms with Gasteiger partial charge in [0.05, 0.1) is 17.6 Å². The van der Waals surface area contributed by atoms with Crippen molar-refractivity contribution < 1.29 is 4.79 Å². The van der Waals surface area contributed by atoms with E-state index in [0.29, 0.717) is 35.1 Å². The Kier molecular flexibility index (Phi) is 5.78. The molecule has 2 aromatic heterocycles. The molecule has 7 nitrogen and oxygen atoms in total. The zero-order valence-electron chi connectivity index (χ0n) is 17.7. The van der Waals surface area contributed by atoms with Crippen LogP contribution in [0.15, 0.2) is 47.3 Å². The molecule has 0 fully saturated rings. The molecule has 0 saturated carbocycles. The summed E-state index contributed by atoms with van der Waals surface area (Å²) in [6.45, 7) is 7.01. The summed E-state index contributed by atoms with van der Waals surface area (Å²) in [7, 11) is 0. The number of halogens is 1. The van der Waals surface area contributed by atoms with Crippen LogP contribution in [0.3, 0.4) is 0 Å². The summed E-state index contributed by atoms with van der Waals surface area (Å²) >= 11 is 6.13. The van der Waals surface area contributed by atoms with Crippen molar-refractivity contribution in [3.05, 3.63) is 74.8 Å². The molecular formula is C23H24ClN5O2. The number of carbonyl (C=O) groups excluding carboxylic acids is 1. The van der Waals surface area contributed by atoms with Crippen LogP contribution in [0.2, 0.25) is 5.02 Å². The average molecular weight is 438 g/mol. The first kappa shape index (κ1) is 21.1. The van der Waals surface area contributed by atoms with E-state index < -0.39 is 0 Å². The minimum Gasteiger partial charge on any atom is -0.349 e. The highest BCUT2D eigenvalue weighted by Gasteiger charge is 2.19. The number of hydrogen-bond acceptors (Lipinski definition) is 4. The highest BCUT2D eigenvalue weighted by molar-refractivity contribution is 6.30. The van der Waals surface area contributed by atoms with Crippen molar-refractivity contribution in [3.63, 3.8) is 0 Å². The molecule has 0 aliphatic carbocycles. The third-order valence-electron chi connectivity index (χ3n) is 5.13. The van der Waals surface area contributed by atoms with Crippen molar-refractivity contribution in [2.75, 3.05) is 6.54 Å². The maximum Gasteiger partial charge on any atom is 0.296 e. The van der Waals surface area contributed by atoms with Crippen molar-refractivity contribution >= 4 is 34.2 Å². The molecule has 31 heavy (non-hydrogen) atoms. The zero-order chi connectivity index (χ0) is 22.1. The first-order valence-corrected chi connectivity index (χ1v) is 10.6. The van der Waals surface area contributed by atoms with Gasteiger partial charge in [0.25, 0.3) is 11.5 Å². The number of aromatic nitrogens is 4. The van der Waals surface area contributed by atoms with Crippen molar-refractivity contribution in [3.8, 4) is 0 Å². The number of benzene rings is 2. The largest absolute Gasteiger partial charge is 0.349 e. The summed E-state index contributed by atoms with van der Waals surface area (Å²) in [4.78, 5) is 30.2. The van der Waals surface area contributed by atoms with E-state index in [2.05, 4.69) is 29.2 Å². The Bertz CT molecular complexity index is 1340. The smallest absolute Gasteiger partial charge is 0.296 e. The predicted molar refractivity (Wildman–Crippen MR) is 122 cm³/mol. The molecule has 0 bridgehead atoms. The summed E-state index contributed by atoms with van der Waals surface area (Å²) in [5, 5.41) is 7.78. The molecule has 0 aliphatic rings. The summed E-state index contributed by atoms with van der Waals surface area (Å²) in [6, 6.07) is 13.2. The summed E-state index contributed by atoms with van der Waals surface area (Å²) in [6.07, 6.45) is 0.855. The van der Waals surface area contributed by atoms with E-state index in [1.165, 1.54) is 4.52 Å².